The highest BCUT2D eigenvalue weighted by Gasteiger charge is 2.38. The van der Waals surface area contributed by atoms with Crippen molar-refractivity contribution in [1.29, 1.82) is 0 Å². The minimum atomic E-state index is -0.395. The Kier molecular flexibility index (Phi) is 3.26. The molecule has 0 amide bonds. The van der Waals surface area contributed by atoms with E-state index in [0.717, 1.165) is 18.8 Å². The van der Waals surface area contributed by atoms with Crippen molar-refractivity contribution in [2.24, 2.45) is 11.3 Å². The Labute approximate surface area is 106 Å². The molecule has 1 aromatic rings. The normalized spacial score (nSPS) is 22.2. The molecule has 0 aliphatic carbocycles. The number of hydrogen-bond donors (Lipinski definition) is 1. The van der Waals surface area contributed by atoms with Crippen molar-refractivity contribution in [2.75, 3.05) is 24.6 Å². The van der Waals surface area contributed by atoms with Gasteiger partial charge in [0.2, 0.25) is 0 Å². The van der Waals surface area contributed by atoms with Crippen LogP contribution in [0.25, 0.3) is 0 Å². The van der Waals surface area contributed by atoms with Gasteiger partial charge in [-0.05, 0) is 17.5 Å². The standard InChI is InChI=1S/C13H18N2O3/c1-13(2)9-14(7-10(13)8-16)11-3-5-12(6-4-11)15(17)18/h3-6,10,16H,7-9H2,1-2H3. The molecule has 1 fully saturated rings. The van der Waals surface area contributed by atoms with E-state index in [-0.39, 0.29) is 23.6 Å². The molecule has 5 heteroatoms. The Morgan fingerprint density at radius 1 is 1.44 bits per heavy atom. The second-order valence-electron chi connectivity index (χ2n) is 5.52. The van der Waals surface area contributed by atoms with Gasteiger partial charge in [0.1, 0.15) is 0 Å². The number of aliphatic hydroxyl groups is 1. The molecule has 18 heavy (non-hydrogen) atoms. The smallest absolute Gasteiger partial charge is 0.269 e. The summed E-state index contributed by atoms with van der Waals surface area (Å²) in [5.41, 5.74) is 1.15. The Morgan fingerprint density at radius 3 is 2.50 bits per heavy atom. The van der Waals surface area contributed by atoms with E-state index in [1.165, 1.54) is 12.1 Å². The Morgan fingerprint density at radius 2 is 2.06 bits per heavy atom. The molecule has 5 nitrogen and oxygen atoms in total. The Hall–Kier alpha value is -1.62. The van der Waals surface area contributed by atoms with Crippen molar-refractivity contribution in [3.05, 3.63) is 34.4 Å². The van der Waals surface area contributed by atoms with Gasteiger partial charge in [-0.1, -0.05) is 13.8 Å². The van der Waals surface area contributed by atoms with Gasteiger partial charge in [-0.2, -0.15) is 0 Å². The van der Waals surface area contributed by atoms with E-state index in [0.29, 0.717) is 0 Å². The number of aliphatic hydroxyl groups excluding tert-OH is 1. The lowest BCUT2D eigenvalue weighted by atomic mass is 9.83. The molecule has 1 atom stereocenters. The minimum absolute atomic E-state index is 0.0660. The van der Waals surface area contributed by atoms with Gasteiger partial charge < -0.3 is 10.0 Å². The summed E-state index contributed by atoms with van der Waals surface area (Å²) in [7, 11) is 0. The van der Waals surface area contributed by atoms with Crippen molar-refractivity contribution < 1.29 is 10.0 Å². The number of nitro groups is 1. The second kappa shape index (κ2) is 4.57. The van der Waals surface area contributed by atoms with Crippen LogP contribution in [0.1, 0.15) is 13.8 Å². The average molecular weight is 250 g/mol. The van der Waals surface area contributed by atoms with Crippen LogP contribution in [-0.2, 0) is 0 Å². The third kappa shape index (κ3) is 2.31. The first kappa shape index (κ1) is 12.8. The van der Waals surface area contributed by atoms with Gasteiger partial charge in [-0.15, -0.1) is 0 Å². The van der Waals surface area contributed by atoms with Crippen molar-refractivity contribution >= 4 is 11.4 Å². The Bertz CT molecular complexity index is 442. The molecule has 1 aromatic carbocycles. The summed E-state index contributed by atoms with van der Waals surface area (Å²) >= 11 is 0. The van der Waals surface area contributed by atoms with E-state index < -0.39 is 4.92 Å². The summed E-state index contributed by atoms with van der Waals surface area (Å²) in [6.45, 7) is 6.10. The lowest BCUT2D eigenvalue weighted by Crippen LogP contribution is -2.25. The molecule has 0 saturated carbocycles. The number of benzene rings is 1. The predicted molar refractivity (Wildman–Crippen MR) is 69.7 cm³/mol. The van der Waals surface area contributed by atoms with Crippen LogP contribution in [0.5, 0.6) is 0 Å². The van der Waals surface area contributed by atoms with Crippen molar-refractivity contribution in [3.8, 4) is 0 Å². The monoisotopic (exact) mass is 250 g/mol. The molecule has 1 aliphatic heterocycles. The SMILES string of the molecule is CC1(C)CN(c2ccc([N+](=O)[O-])cc2)CC1CO. The molecule has 0 bridgehead atoms. The zero-order chi connectivity index (χ0) is 13.3. The third-order valence-electron chi connectivity index (χ3n) is 3.79. The van der Waals surface area contributed by atoms with Crippen LogP contribution in [0.2, 0.25) is 0 Å². The fourth-order valence-corrected chi connectivity index (χ4v) is 2.49. The minimum Gasteiger partial charge on any atom is -0.396 e. The number of rotatable bonds is 3. The molecule has 0 spiro atoms. The van der Waals surface area contributed by atoms with Crippen LogP contribution in [0.4, 0.5) is 11.4 Å². The third-order valence-corrected chi connectivity index (χ3v) is 3.79. The van der Waals surface area contributed by atoms with Gasteiger partial charge in [0, 0.05) is 43.4 Å². The van der Waals surface area contributed by atoms with Crippen molar-refractivity contribution in [1.82, 2.24) is 0 Å². The first-order valence-electron chi connectivity index (χ1n) is 6.04. The summed E-state index contributed by atoms with van der Waals surface area (Å²) in [6.07, 6.45) is 0. The van der Waals surface area contributed by atoms with Gasteiger partial charge >= 0.3 is 0 Å². The number of nitrogens with zero attached hydrogens (tertiary/aromatic N) is 2. The summed E-state index contributed by atoms with van der Waals surface area (Å²) in [5.74, 6) is 0.243. The predicted octanol–water partition coefficient (Wildman–Crippen LogP) is 2.05. The lowest BCUT2D eigenvalue weighted by Gasteiger charge is -2.23. The number of non-ortho nitro benzene ring substituents is 1. The topological polar surface area (TPSA) is 66.6 Å². The van der Waals surface area contributed by atoms with E-state index in [4.69, 9.17) is 0 Å². The first-order valence-corrected chi connectivity index (χ1v) is 6.04. The highest BCUT2D eigenvalue weighted by molar-refractivity contribution is 5.52. The van der Waals surface area contributed by atoms with Crippen molar-refractivity contribution in [3.63, 3.8) is 0 Å². The van der Waals surface area contributed by atoms with Crippen molar-refractivity contribution in [2.45, 2.75) is 13.8 Å². The zero-order valence-electron chi connectivity index (χ0n) is 10.7. The van der Waals surface area contributed by atoms with Gasteiger partial charge in [0.25, 0.3) is 5.69 Å². The van der Waals surface area contributed by atoms with E-state index in [1.807, 2.05) is 0 Å². The van der Waals surface area contributed by atoms with Gasteiger partial charge in [0.15, 0.2) is 0 Å². The molecular weight excluding hydrogens is 232 g/mol. The molecule has 1 saturated heterocycles. The summed E-state index contributed by atoms with van der Waals surface area (Å²) < 4.78 is 0. The van der Waals surface area contributed by atoms with Crippen LogP contribution < -0.4 is 4.90 Å². The quantitative estimate of drug-likeness (QED) is 0.658. The molecule has 1 N–H and O–H groups in total. The Balaban J connectivity index is 2.16. The van der Waals surface area contributed by atoms with Crippen LogP contribution in [0.15, 0.2) is 24.3 Å². The van der Waals surface area contributed by atoms with Crippen LogP contribution in [0.3, 0.4) is 0 Å². The summed E-state index contributed by atoms with van der Waals surface area (Å²) in [5, 5.41) is 20.0. The fourth-order valence-electron chi connectivity index (χ4n) is 2.49. The highest BCUT2D eigenvalue weighted by atomic mass is 16.6. The molecule has 1 heterocycles. The van der Waals surface area contributed by atoms with Crippen LogP contribution in [-0.4, -0.2) is 29.7 Å². The molecule has 1 unspecified atom stereocenters. The molecule has 98 valence electrons. The number of nitro benzene ring substituents is 1. The largest absolute Gasteiger partial charge is 0.396 e. The van der Waals surface area contributed by atoms with Gasteiger partial charge in [-0.3, -0.25) is 10.1 Å². The maximum absolute atomic E-state index is 10.6. The maximum atomic E-state index is 10.6. The molecule has 2 rings (SSSR count). The molecule has 1 aliphatic rings. The maximum Gasteiger partial charge on any atom is 0.269 e. The second-order valence-corrected chi connectivity index (χ2v) is 5.52. The first-order chi connectivity index (χ1) is 8.44. The summed E-state index contributed by atoms with van der Waals surface area (Å²) in [4.78, 5) is 12.4. The van der Waals surface area contributed by atoms with E-state index in [9.17, 15) is 15.2 Å². The zero-order valence-corrected chi connectivity index (χ0v) is 10.7. The van der Waals surface area contributed by atoms with Crippen LogP contribution >= 0.6 is 0 Å². The highest BCUT2D eigenvalue weighted by Crippen LogP contribution is 2.37. The van der Waals surface area contributed by atoms with Gasteiger partial charge in [-0.25, -0.2) is 0 Å². The number of anilines is 1. The summed E-state index contributed by atoms with van der Waals surface area (Å²) in [6, 6.07) is 6.59. The van der Waals surface area contributed by atoms with Crippen LogP contribution in [0, 0.1) is 21.4 Å². The lowest BCUT2D eigenvalue weighted by molar-refractivity contribution is -0.384. The molecule has 0 aromatic heterocycles. The fraction of sp³-hybridized carbons (Fsp3) is 0.538. The number of hydrogen-bond acceptors (Lipinski definition) is 4. The average Bonchev–Trinajstić information content (AvgIpc) is 2.64. The molecule has 0 radical (unpaired) electrons. The van der Waals surface area contributed by atoms with E-state index in [2.05, 4.69) is 18.7 Å². The van der Waals surface area contributed by atoms with E-state index in [1.54, 1.807) is 12.1 Å². The van der Waals surface area contributed by atoms with E-state index >= 15 is 0 Å². The molecular formula is C13H18N2O3. The van der Waals surface area contributed by atoms with Gasteiger partial charge in [0.05, 0.1) is 4.92 Å².